The van der Waals surface area contributed by atoms with Crippen LogP contribution in [-0.4, -0.2) is 166 Å². The lowest BCUT2D eigenvalue weighted by Crippen LogP contribution is -2.46. The van der Waals surface area contributed by atoms with Crippen LogP contribution in [0.2, 0.25) is 0 Å². The van der Waals surface area contributed by atoms with Crippen molar-refractivity contribution in [2.45, 2.75) is 97.2 Å². The highest BCUT2D eigenvalue weighted by Gasteiger charge is 2.30. The van der Waals surface area contributed by atoms with Gasteiger partial charge in [0.2, 0.25) is 11.9 Å². The van der Waals surface area contributed by atoms with Gasteiger partial charge < -0.3 is 62.2 Å². The van der Waals surface area contributed by atoms with E-state index in [1.807, 2.05) is 60.7 Å². The van der Waals surface area contributed by atoms with Crippen molar-refractivity contribution in [2.75, 3.05) is 120 Å². The zero-order valence-corrected chi connectivity index (χ0v) is 46.2. The lowest BCUT2D eigenvalue weighted by Gasteiger charge is -2.37. The Balaban J connectivity index is 0.699. The van der Waals surface area contributed by atoms with E-state index in [9.17, 15) is 9.59 Å². The molecule has 2 aromatic carbocycles. The summed E-state index contributed by atoms with van der Waals surface area (Å²) in [5, 5.41) is 1.74. The number of benzene rings is 2. The van der Waals surface area contributed by atoms with Crippen molar-refractivity contribution in [2.24, 2.45) is 0 Å². The van der Waals surface area contributed by atoms with E-state index in [0.717, 1.165) is 65.2 Å². The predicted octanol–water partition coefficient (Wildman–Crippen LogP) is 7.33. The van der Waals surface area contributed by atoms with Gasteiger partial charge in [0.1, 0.15) is 43.1 Å². The maximum absolute atomic E-state index is 12.9. The van der Waals surface area contributed by atoms with Crippen LogP contribution in [-0.2, 0) is 56.0 Å². The van der Waals surface area contributed by atoms with Gasteiger partial charge in [-0.05, 0) is 108 Å². The molecule has 420 valence electrons. The predicted molar refractivity (Wildman–Crippen MR) is 298 cm³/mol. The number of esters is 2. The topological polar surface area (TPSA) is 208 Å². The molecule has 4 atom stereocenters. The number of fused-ring (bicyclic) bond motifs is 2. The van der Waals surface area contributed by atoms with Crippen LogP contribution in [0.15, 0.2) is 60.7 Å². The summed E-state index contributed by atoms with van der Waals surface area (Å²) in [7, 11) is 3.16. The van der Waals surface area contributed by atoms with Crippen molar-refractivity contribution in [3.05, 3.63) is 71.8 Å². The summed E-state index contributed by atoms with van der Waals surface area (Å²) in [6.07, 6.45) is 3.36. The van der Waals surface area contributed by atoms with Crippen molar-refractivity contribution < 1.29 is 52.2 Å². The lowest BCUT2D eigenvalue weighted by molar-refractivity contribution is -0.148. The summed E-state index contributed by atoms with van der Waals surface area (Å²) in [6, 6.07) is 20.1. The minimum Gasteiger partial charge on any atom is -0.496 e. The maximum atomic E-state index is 12.9. The molecular formula is C58H72N10O11. The summed E-state index contributed by atoms with van der Waals surface area (Å²) in [4.78, 5) is 65.3. The first kappa shape index (κ1) is 55.3. The van der Waals surface area contributed by atoms with Crippen LogP contribution in [0, 0.1) is 0 Å². The average molecular weight is 1090 g/mol. The van der Waals surface area contributed by atoms with Crippen molar-refractivity contribution in [1.29, 1.82) is 0 Å². The first-order valence-electron chi connectivity index (χ1n) is 27.5. The third kappa shape index (κ3) is 13.0. The summed E-state index contributed by atoms with van der Waals surface area (Å²) >= 11 is 0. The van der Waals surface area contributed by atoms with Crippen molar-refractivity contribution in [3.8, 4) is 34.0 Å². The number of ether oxygens (including phenoxy) is 9. The molecule has 0 unspecified atom stereocenters. The zero-order chi connectivity index (χ0) is 54.8. The number of hydrogen-bond donors (Lipinski definition) is 0. The van der Waals surface area contributed by atoms with E-state index in [2.05, 4.69) is 47.3 Å². The second kappa shape index (κ2) is 25.8. The highest BCUT2D eigenvalue weighted by molar-refractivity contribution is 5.91. The molecule has 0 spiro atoms. The Hall–Kier alpha value is -7.04. The molecule has 21 nitrogen and oxygen atoms in total. The molecule has 0 bridgehead atoms. The number of carbonyl (C=O) groups is 2. The highest BCUT2D eigenvalue weighted by Crippen LogP contribution is 2.36. The van der Waals surface area contributed by atoms with E-state index in [1.54, 1.807) is 14.2 Å². The van der Waals surface area contributed by atoms with Crippen LogP contribution in [0.5, 0.6) is 11.5 Å². The van der Waals surface area contributed by atoms with E-state index >= 15 is 0 Å². The Kier molecular flexibility index (Phi) is 18.1. The summed E-state index contributed by atoms with van der Waals surface area (Å²) in [5.74, 6) is 3.26. The number of rotatable bonds is 20. The molecule has 4 aliphatic heterocycles. The number of carbonyl (C=O) groups excluding carboxylic acids is 2. The molecule has 4 aromatic heterocycles. The van der Waals surface area contributed by atoms with Gasteiger partial charge in [0.25, 0.3) is 0 Å². The molecule has 0 radical (unpaired) electrons. The average Bonchev–Trinajstić information content (AvgIpc) is 3.53. The van der Waals surface area contributed by atoms with Gasteiger partial charge in [-0.1, -0.05) is 0 Å². The van der Waals surface area contributed by atoms with Gasteiger partial charge >= 0.3 is 11.9 Å². The fourth-order valence-electron chi connectivity index (χ4n) is 10.5. The second-order valence-corrected chi connectivity index (χ2v) is 20.5. The summed E-state index contributed by atoms with van der Waals surface area (Å²) in [5.41, 5.74) is 5.62. The number of pyridine rings is 2. The SMILES string of the molecule is COc1ccc(-c2ccc3c(N4CCOC[C@H]4C)nc(N4CCOC[C@H]4C)nc3n2)cc1COC(=O)CCOCOCCC(=O)OCc1cc(-c2ccc3c(N4CCOC[C@@H]4C)nc(N4CCCC[C@@H]4C)nc3n2)ccc1OC. The Morgan fingerprint density at radius 3 is 1.43 bits per heavy atom. The first-order chi connectivity index (χ1) is 38.5. The van der Waals surface area contributed by atoms with Crippen LogP contribution in [0.1, 0.15) is 70.9 Å². The van der Waals surface area contributed by atoms with Gasteiger partial charge in [0.15, 0.2) is 11.3 Å². The Bertz CT molecular complexity index is 2890. The monoisotopic (exact) mass is 1080 g/mol. The molecule has 4 saturated heterocycles. The maximum Gasteiger partial charge on any atom is 0.308 e. The van der Waals surface area contributed by atoms with Gasteiger partial charge in [-0.15, -0.1) is 0 Å². The molecule has 4 aliphatic rings. The van der Waals surface area contributed by atoms with Crippen LogP contribution >= 0.6 is 0 Å². The van der Waals surface area contributed by atoms with E-state index in [-0.39, 0.29) is 64.2 Å². The number of anilines is 4. The molecule has 10 rings (SSSR count). The standard InChI is InChI=1S/C58H72N10O11/c1-37-9-7-8-20-67(37)57-61-53-45(55(63-57)65-21-26-73-31-38(65)2)12-14-47(59-53)41-10-16-49(71-5)43(29-41)34-78-51(69)18-24-76-36-77-25-19-52(70)79-35-44-30-42(11-17-50(44)72-6)48-15-13-46-54(60-48)62-58(68-23-28-75-33-40(68)4)64-56(46)66-22-27-74-32-39(66)3/h10-17,29-30,37-40H,7-9,18-28,31-36H2,1-6H3/t37-,38-,39+,40+/m0/s1. The number of morpholine rings is 3. The third-order valence-corrected chi connectivity index (χ3v) is 15.0. The first-order valence-corrected chi connectivity index (χ1v) is 27.5. The van der Waals surface area contributed by atoms with E-state index in [0.29, 0.717) is 110 Å². The smallest absolute Gasteiger partial charge is 0.308 e. The molecule has 4 fully saturated rings. The normalized spacial score (nSPS) is 19.9. The van der Waals surface area contributed by atoms with Gasteiger partial charge in [-0.3, -0.25) is 9.59 Å². The van der Waals surface area contributed by atoms with E-state index in [4.69, 9.17) is 72.5 Å². The largest absolute Gasteiger partial charge is 0.496 e. The molecule has 0 N–H and O–H groups in total. The number of nitrogens with zero attached hydrogens (tertiary/aromatic N) is 10. The quantitative estimate of drug-likeness (QED) is 0.0417. The minimum absolute atomic E-state index is 0.00570. The molecule has 8 heterocycles. The molecule has 6 aromatic rings. The summed E-state index contributed by atoms with van der Waals surface area (Å²) in [6.45, 7) is 15.3. The molecule has 21 heteroatoms. The van der Waals surface area contributed by atoms with Gasteiger partial charge in [-0.25, -0.2) is 9.97 Å². The zero-order valence-electron chi connectivity index (χ0n) is 46.2. The molecule has 0 amide bonds. The molecule has 0 saturated carbocycles. The molecular weight excluding hydrogens is 1010 g/mol. The fourth-order valence-corrected chi connectivity index (χ4v) is 10.5. The van der Waals surface area contributed by atoms with Crippen LogP contribution < -0.4 is 29.1 Å². The highest BCUT2D eigenvalue weighted by atomic mass is 16.7. The van der Waals surface area contributed by atoms with Gasteiger partial charge in [0, 0.05) is 54.5 Å². The van der Waals surface area contributed by atoms with E-state index in [1.165, 1.54) is 6.42 Å². The Morgan fingerprint density at radius 1 is 0.532 bits per heavy atom. The van der Waals surface area contributed by atoms with Crippen LogP contribution in [0.25, 0.3) is 44.6 Å². The second-order valence-electron chi connectivity index (χ2n) is 20.5. The third-order valence-electron chi connectivity index (χ3n) is 15.0. The van der Waals surface area contributed by atoms with Crippen LogP contribution in [0.3, 0.4) is 0 Å². The molecule has 79 heavy (non-hydrogen) atoms. The number of hydrogen-bond acceptors (Lipinski definition) is 21. The van der Waals surface area contributed by atoms with Crippen molar-refractivity contribution in [3.63, 3.8) is 0 Å². The fraction of sp³-hybridized carbons (Fsp3) is 0.517. The number of piperidine rings is 1. The van der Waals surface area contributed by atoms with Crippen molar-refractivity contribution >= 4 is 57.5 Å². The van der Waals surface area contributed by atoms with Gasteiger partial charge in [-0.2, -0.15) is 19.9 Å². The van der Waals surface area contributed by atoms with Gasteiger partial charge in [0.05, 0.1) is 120 Å². The van der Waals surface area contributed by atoms with Crippen molar-refractivity contribution in [1.82, 2.24) is 29.9 Å². The van der Waals surface area contributed by atoms with E-state index < -0.39 is 11.9 Å². The number of methoxy groups -OCH3 is 2. The summed E-state index contributed by atoms with van der Waals surface area (Å²) < 4.78 is 51.0. The Labute approximate surface area is 460 Å². The number of aromatic nitrogens is 6. The minimum atomic E-state index is -0.458. The van der Waals surface area contributed by atoms with Crippen LogP contribution in [0.4, 0.5) is 23.5 Å². The lowest BCUT2D eigenvalue weighted by atomic mass is 10.0. The Morgan fingerprint density at radius 2 is 0.987 bits per heavy atom. The molecule has 0 aliphatic carbocycles.